The number of piperazine rings is 1. The highest BCUT2D eigenvalue weighted by Gasteiger charge is 2.24. The zero-order valence-corrected chi connectivity index (χ0v) is 23.9. The Morgan fingerprint density at radius 2 is 1.74 bits per heavy atom. The van der Waals surface area contributed by atoms with Gasteiger partial charge in [-0.1, -0.05) is 18.2 Å². The fourth-order valence-electron chi connectivity index (χ4n) is 4.94. The van der Waals surface area contributed by atoms with Gasteiger partial charge in [0.2, 0.25) is 5.91 Å². The molecule has 1 fully saturated rings. The lowest BCUT2D eigenvalue weighted by Crippen LogP contribution is -2.47. The first-order valence-electron chi connectivity index (χ1n) is 13.8. The Labute approximate surface area is 245 Å². The van der Waals surface area contributed by atoms with E-state index in [0.29, 0.717) is 28.1 Å². The number of ether oxygens (including phenoxy) is 1. The molecule has 0 spiro atoms. The summed E-state index contributed by atoms with van der Waals surface area (Å²) >= 11 is 0. The van der Waals surface area contributed by atoms with Crippen LogP contribution < -0.4 is 15.0 Å². The van der Waals surface area contributed by atoms with Crippen molar-refractivity contribution >= 4 is 28.5 Å². The number of benzene rings is 3. The van der Waals surface area contributed by atoms with Gasteiger partial charge in [-0.25, -0.2) is 9.97 Å². The van der Waals surface area contributed by atoms with Crippen LogP contribution in [0.5, 0.6) is 11.5 Å². The van der Waals surface area contributed by atoms with Crippen molar-refractivity contribution in [3.63, 3.8) is 0 Å². The van der Waals surface area contributed by atoms with Gasteiger partial charge in [-0.05, 0) is 61.1 Å². The standard InChI is InChI=1S/C32H33N7O3/c1-37(2)32(41)29(18-22-6-4-8-25(16-22)42-26-9-5-7-23(17-26)20-33)36-31(40)24-10-11-27-28(19-24)34-21-35-30(27)39-14-12-38(3)13-15-39/h4-11,16-17,19,21,29H,12-15,18H2,1-3H3,(H,36,40). The summed E-state index contributed by atoms with van der Waals surface area (Å²) in [4.78, 5) is 41.5. The number of carbonyl (C=O) groups is 2. The Bertz CT molecular complexity index is 1640. The van der Waals surface area contributed by atoms with Crippen LogP contribution >= 0.6 is 0 Å². The normalized spacial score (nSPS) is 14.2. The molecule has 1 aliphatic heterocycles. The number of anilines is 1. The molecule has 0 radical (unpaired) electrons. The lowest BCUT2D eigenvalue weighted by Gasteiger charge is -2.33. The molecule has 1 N–H and O–H groups in total. The van der Waals surface area contributed by atoms with Crippen LogP contribution in [0.15, 0.2) is 73.1 Å². The SMILES string of the molecule is CN1CCN(c2ncnc3cc(C(=O)NC(Cc4cccc(Oc5cccc(C#N)c5)c4)C(=O)N(C)C)ccc23)CC1. The van der Waals surface area contributed by atoms with Crippen molar-refractivity contribution < 1.29 is 14.3 Å². The molecule has 1 atom stereocenters. The Morgan fingerprint density at radius 1 is 1.00 bits per heavy atom. The Kier molecular flexibility index (Phi) is 8.60. The molecule has 2 amide bonds. The molecule has 42 heavy (non-hydrogen) atoms. The Hall–Kier alpha value is -5.01. The number of nitriles is 1. The molecule has 1 aromatic heterocycles. The van der Waals surface area contributed by atoms with Gasteiger partial charge in [0.1, 0.15) is 29.7 Å². The van der Waals surface area contributed by atoms with Crippen LogP contribution in [0.1, 0.15) is 21.5 Å². The van der Waals surface area contributed by atoms with Gasteiger partial charge in [-0.3, -0.25) is 9.59 Å². The molecule has 214 valence electrons. The minimum absolute atomic E-state index is 0.225. The molecule has 10 nitrogen and oxygen atoms in total. The van der Waals surface area contributed by atoms with E-state index in [1.54, 1.807) is 56.6 Å². The molecule has 1 saturated heterocycles. The van der Waals surface area contributed by atoms with Gasteiger partial charge in [-0.15, -0.1) is 0 Å². The Morgan fingerprint density at radius 3 is 2.48 bits per heavy atom. The largest absolute Gasteiger partial charge is 0.457 e. The van der Waals surface area contributed by atoms with Crippen molar-refractivity contribution in [3.8, 4) is 17.6 Å². The first-order chi connectivity index (χ1) is 20.3. The van der Waals surface area contributed by atoms with E-state index in [1.165, 1.54) is 11.2 Å². The average molecular weight is 564 g/mol. The van der Waals surface area contributed by atoms with Gasteiger partial charge in [-0.2, -0.15) is 5.26 Å². The number of rotatable bonds is 8. The topological polar surface area (TPSA) is 115 Å². The summed E-state index contributed by atoms with van der Waals surface area (Å²) in [5.41, 5.74) is 2.40. The lowest BCUT2D eigenvalue weighted by atomic mass is 10.0. The summed E-state index contributed by atoms with van der Waals surface area (Å²) in [7, 11) is 5.43. The minimum Gasteiger partial charge on any atom is -0.457 e. The molecule has 1 unspecified atom stereocenters. The number of carbonyl (C=O) groups excluding carboxylic acids is 2. The van der Waals surface area contributed by atoms with Gasteiger partial charge in [0.25, 0.3) is 5.91 Å². The highest BCUT2D eigenvalue weighted by Crippen LogP contribution is 2.26. The molecule has 5 rings (SSSR count). The number of nitrogens with one attached hydrogen (secondary N) is 1. The van der Waals surface area contributed by atoms with E-state index in [1.807, 2.05) is 24.3 Å². The predicted octanol–water partition coefficient (Wildman–Crippen LogP) is 3.47. The van der Waals surface area contributed by atoms with Crippen molar-refractivity contribution in [2.24, 2.45) is 0 Å². The van der Waals surface area contributed by atoms with E-state index in [4.69, 9.17) is 10.00 Å². The van der Waals surface area contributed by atoms with Crippen molar-refractivity contribution in [2.45, 2.75) is 12.5 Å². The van der Waals surface area contributed by atoms with E-state index in [0.717, 1.165) is 42.9 Å². The summed E-state index contributed by atoms with van der Waals surface area (Å²) in [5.74, 6) is 1.38. The second-order valence-electron chi connectivity index (χ2n) is 10.6. The van der Waals surface area contributed by atoms with E-state index < -0.39 is 6.04 Å². The highest BCUT2D eigenvalue weighted by atomic mass is 16.5. The number of hydrogen-bond donors (Lipinski definition) is 1. The summed E-state index contributed by atoms with van der Waals surface area (Å²) in [5, 5.41) is 13.0. The predicted molar refractivity (Wildman–Crippen MR) is 161 cm³/mol. The molecule has 0 saturated carbocycles. The van der Waals surface area contributed by atoms with Crippen LogP contribution in [0.3, 0.4) is 0 Å². The molecule has 4 aromatic rings. The summed E-state index contributed by atoms with van der Waals surface area (Å²) in [6, 6.07) is 20.9. The van der Waals surface area contributed by atoms with Gasteiger partial charge in [0.15, 0.2) is 0 Å². The molecular formula is C32H33N7O3. The summed E-state index contributed by atoms with van der Waals surface area (Å²) < 4.78 is 5.95. The molecule has 2 heterocycles. The second kappa shape index (κ2) is 12.7. The number of likely N-dealkylation sites (N-methyl/N-ethyl adjacent to an activating group) is 2. The third-order valence-electron chi connectivity index (χ3n) is 7.26. The third-order valence-corrected chi connectivity index (χ3v) is 7.26. The van der Waals surface area contributed by atoms with Crippen LogP contribution in [0.25, 0.3) is 10.9 Å². The van der Waals surface area contributed by atoms with Crippen LogP contribution in [0.4, 0.5) is 5.82 Å². The molecule has 10 heteroatoms. The minimum atomic E-state index is -0.799. The number of nitrogens with zero attached hydrogens (tertiary/aromatic N) is 6. The van der Waals surface area contributed by atoms with Gasteiger partial charge < -0.3 is 24.8 Å². The van der Waals surface area contributed by atoms with Crippen molar-refractivity contribution in [2.75, 3.05) is 52.2 Å². The number of amides is 2. The van der Waals surface area contributed by atoms with E-state index in [2.05, 4.69) is 38.2 Å². The van der Waals surface area contributed by atoms with Crippen LogP contribution in [-0.4, -0.2) is 84.9 Å². The van der Waals surface area contributed by atoms with Crippen molar-refractivity contribution in [1.82, 2.24) is 25.1 Å². The average Bonchev–Trinajstić information content (AvgIpc) is 3.00. The Balaban J connectivity index is 1.33. The monoisotopic (exact) mass is 563 g/mol. The van der Waals surface area contributed by atoms with Gasteiger partial charge >= 0.3 is 0 Å². The maximum Gasteiger partial charge on any atom is 0.252 e. The van der Waals surface area contributed by atoms with E-state index in [-0.39, 0.29) is 18.2 Å². The highest BCUT2D eigenvalue weighted by molar-refractivity contribution is 6.01. The summed E-state index contributed by atoms with van der Waals surface area (Å²) in [6.07, 6.45) is 1.79. The number of fused-ring (bicyclic) bond motifs is 1. The maximum absolute atomic E-state index is 13.4. The smallest absolute Gasteiger partial charge is 0.252 e. The van der Waals surface area contributed by atoms with Crippen molar-refractivity contribution in [1.29, 1.82) is 5.26 Å². The molecule has 0 bridgehead atoms. The first-order valence-corrected chi connectivity index (χ1v) is 13.8. The number of hydrogen-bond acceptors (Lipinski definition) is 8. The van der Waals surface area contributed by atoms with Crippen LogP contribution in [-0.2, 0) is 11.2 Å². The fraction of sp³-hybridized carbons (Fsp3) is 0.281. The molecule has 0 aliphatic carbocycles. The molecular weight excluding hydrogens is 530 g/mol. The van der Waals surface area contributed by atoms with Crippen LogP contribution in [0.2, 0.25) is 0 Å². The summed E-state index contributed by atoms with van der Waals surface area (Å²) in [6.45, 7) is 3.66. The van der Waals surface area contributed by atoms with Gasteiger partial charge in [0, 0.05) is 57.6 Å². The van der Waals surface area contributed by atoms with Crippen LogP contribution in [0, 0.1) is 11.3 Å². The second-order valence-corrected chi connectivity index (χ2v) is 10.6. The number of aromatic nitrogens is 2. The van der Waals surface area contributed by atoms with E-state index >= 15 is 0 Å². The van der Waals surface area contributed by atoms with E-state index in [9.17, 15) is 9.59 Å². The zero-order valence-electron chi connectivity index (χ0n) is 23.9. The first kappa shape index (κ1) is 28.5. The lowest BCUT2D eigenvalue weighted by molar-refractivity contribution is -0.130. The maximum atomic E-state index is 13.4. The zero-order chi connectivity index (χ0) is 29.6. The quantitative estimate of drug-likeness (QED) is 0.347. The van der Waals surface area contributed by atoms with Crippen molar-refractivity contribution in [3.05, 3.63) is 89.7 Å². The molecule has 3 aromatic carbocycles. The van der Waals surface area contributed by atoms with Gasteiger partial charge in [0.05, 0.1) is 17.1 Å². The third kappa shape index (κ3) is 6.65. The fourth-order valence-corrected chi connectivity index (χ4v) is 4.94. The molecule has 1 aliphatic rings.